The molecule has 2 aromatic heterocycles. The van der Waals surface area contributed by atoms with E-state index in [9.17, 15) is 0 Å². The van der Waals surface area contributed by atoms with Crippen LogP contribution in [0, 0.1) is 0 Å². The van der Waals surface area contributed by atoms with Crippen LogP contribution in [0.25, 0.3) is 11.2 Å². The standard InChI is InChI=1S/C5H2Cl3N5/c6-2-1-3(12-4(7)11-2)13(9)5(8)10-1/h9H2. The van der Waals surface area contributed by atoms with Gasteiger partial charge in [0.15, 0.2) is 10.8 Å². The molecule has 0 aliphatic heterocycles. The van der Waals surface area contributed by atoms with E-state index in [1.54, 1.807) is 0 Å². The molecular weight excluding hydrogens is 236 g/mol. The van der Waals surface area contributed by atoms with Crippen molar-refractivity contribution in [2.75, 3.05) is 5.84 Å². The highest BCUT2D eigenvalue weighted by Crippen LogP contribution is 2.22. The predicted molar refractivity (Wildman–Crippen MR) is 50.5 cm³/mol. The fourth-order valence-electron chi connectivity index (χ4n) is 0.889. The number of halogens is 3. The maximum Gasteiger partial charge on any atom is 0.225 e. The summed E-state index contributed by atoms with van der Waals surface area (Å²) < 4.78 is 1.08. The van der Waals surface area contributed by atoms with Gasteiger partial charge in [0.05, 0.1) is 0 Å². The Morgan fingerprint density at radius 3 is 2.46 bits per heavy atom. The number of nitrogens with zero attached hydrogens (tertiary/aromatic N) is 4. The summed E-state index contributed by atoms with van der Waals surface area (Å²) in [4.78, 5) is 11.3. The summed E-state index contributed by atoms with van der Waals surface area (Å²) in [6, 6.07) is 0. The van der Waals surface area contributed by atoms with Gasteiger partial charge in [-0.2, -0.15) is 4.98 Å². The first-order valence-electron chi connectivity index (χ1n) is 3.11. The van der Waals surface area contributed by atoms with E-state index in [1.165, 1.54) is 0 Å². The number of nitrogen functional groups attached to an aromatic ring is 1. The number of hydrogen-bond donors (Lipinski definition) is 1. The van der Waals surface area contributed by atoms with Crippen molar-refractivity contribution >= 4 is 46.0 Å². The molecular formula is C5H2Cl3N5. The van der Waals surface area contributed by atoms with E-state index in [-0.39, 0.29) is 15.7 Å². The van der Waals surface area contributed by atoms with Crippen LogP contribution < -0.4 is 5.84 Å². The number of aromatic nitrogens is 4. The van der Waals surface area contributed by atoms with Gasteiger partial charge in [-0.1, -0.05) is 11.6 Å². The lowest BCUT2D eigenvalue weighted by molar-refractivity contribution is 1.01. The Labute approximate surface area is 87.4 Å². The molecule has 0 aliphatic carbocycles. The van der Waals surface area contributed by atoms with Crippen LogP contribution in [-0.4, -0.2) is 19.6 Å². The van der Waals surface area contributed by atoms with Crippen LogP contribution in [0.4, 0.5) is 0 Å². The molecule has 0 saturated carbocycles. The van der Waals surface area contributed by atoms with Crippen molar-refractivity contribution in [1.29, 1.82) is 0 Å². The van der Waals surface area contributed by atoms with Gasteiger partial charge in [0.2, 0.25) is 10.6 Å². The van der Waals surface area contributed by atoms with Crippen LogP contribution in [0.15, 0.2) is 0 Å². The first kappa shape index (κ1) is 8.80. The first-order valence-corrected chi connectivity index (χ1v) is 4.25. The molecule has 0 atom stereocenters. The molecule has 2 heterocycles. The number of nitrogens with two attached hydrogens (primary N) is 1. The van der Waals surface area contributed by atoms with E-state index in [4.69, 9.17) is 40.6 Å². The minimum Gasteiger partial charge on any atom is -0.335 e. The Kier molecular flexibility index (Phi) is 1.94. The van der Waals surface area contributed by atoms with Crippen molar-refractivity contribution in [3.8, 4) is 0 Å². The Morgan fingerprint density at radius 1 is 1.08 bits per heavy atom. The zero-order valence-electron chi connectivity index (χ0n) is 6.00. The number of imidazole rings is 1. The fraction of sp³-hybridized carbons (Fsp3) is 0. The lowest BCUT2D eigenvalue weighted by Crippen LogP contribution is -2.08. The molecule has 5 nitrogen and oxygen atoms in total. The molecule has 0 unspecified atom stereocenters. The quantitative estimate of drug-likeness (QED) is 0.327. The van der Waals surface area contributed by atoms with Gasteiger partial charge in [0, 0.05) is 0 Å². The Hall–Kier alpha value is -0.780. The summed E-state index contributed by atoms with van der Waals surface area (Å²) in [6.07, 6.45) is 0. The van der Waals surface area contributed by atoms with Gasteiger partial charge in [-0.25, -0.2) is 14.6 Å². The Morgan fingerprint density at radius 2 is 1.77 bits per heavy atom. The zero-order valence-corrected chi connectivity index (χ0v) is 8.27. The van der Waals surface area contributed by atoms with E-state index in [2.05, 4.69) is 15.0 Å². The van der Waals surface area contributed by atoms with Crippen LogP contribution in [0.5, 0.6) is 0 Å². The summed E-state index contributed by atoms with van der Waals surface area (Å²) in [5.74, 6) is 5.49. The highest BCUT2D eigenvalue weighted by atomic mass is 35.5. The predicted octanol–water partition coefficient (Wildman–Crippen LogP) is 1.50. The van der Waals surface area contributed by atoms with Crippen molar-refractivity contribution < 1.29 is 0 Å². The molecule has 2 aromatic rings. The number of fused-ring (bicyclic) bond motifs is 1. The molecule has 2 rings (SSSR count). The summed E-state index contributed by atoms with van der Waals surface area (Å²) in [5.41, 5.74) is 0.633. The fourth-order valence-corrected chi connectivity index (χ4v) is 1.47. The van der Waals surface area contributed by atoms with Gasteiger partial charge in [-0.3, -0.25) is 0 Å². The molecule has 0 radical (unpaired) electrons. The second-order valence-corrected chi connectivity index (χ2v) is 3.24. The van der Waals surface area contributed by atoms with Crippen molar-refractivity contribution in [2.24, 2.45) is 0 Å². The van der Waals surface area contributed by atoms with Gasteiger partial charge in [-0.05, 0) is 23.2 Å². The number of rotatable bonds is 0. The van der Waals surface area contributed by atoms with Crippen LogP contribution in [-0.2, 0) is 0 Å². The molecule has 0 aromatic carbocycles. The molecule has 0 aliphatic rings. The third-order valence-corrected chi connectivity index (χ3v) is 2.13. The minimum atomic E-state index is 0.000710. The number of hydrogen-bond acceptors (Lipinski definition) is 4. The average molecular weight is 238 g/mol. The molecule has 68 valence electrons. The Bertz CT molecular complexity index is 478. The molecule has 13 heavy (non-hydrogen) atoms. The molecule has 0 bridgehead atoms. The van der Waals surface area contributed by atoms with Crippen LogP contribution in [0.2, 0.25) is 15.7 Å². The van der Waals surface area contributed by atoms with Crippen LogP contribution >= 0.6 is 34.8 Å². The largest absolute Gasteiger partial charge is 0.335 e. The molecule has 2 N–H and O–H groups in total. The summed E-state index contributed by atoms with van der Waals surface area (Å²) in [5, 5.41) is 0.204. The van der Waals surface area contributed by atoms with Crippen molar-refractivity contribution in [3.05, 3.63) is 15.7 Å². The topological polar surface area (TPSA) is 69.6 Å². The molecule has 0 amide bonds. The van der Waals surface area contributed by atoms with Crippen LogP contribution in [0.1, 0.15) is 0 Å². The summed E-state index contributed by atoms with van der Waals surface area (Å²) in [7, 11) is 0. The van der Waals surface area contributed by atoms with Crippen molar-refractivity contribution in [3.63, 3.8) is 0 Å². The zero-order chi connectivity index (χ0) is 9.59. The van der Waals surface area contributed by atoms with E-state index < -0.39 is 0 Å². The highest BCUT2D eigenvalue weighted by molar-refractivity contribution is 6.36. The summed E-state index contributed by atoms with van der Waals surface area (Å²) in [6.45, 7) is 0. The van der Waals surface area contributed by atoms with E-state index in [1.807, 2.05) is 0 Å². The second-order valence-electron chi connectivity index (χ2n) is 2.21. The third-order valence-electron chi connectivity index (χ3n) is 1.43. The van der Waals surface area contributed by atoms with Crippen molar-refractivity contribution in [2.45, 2.75) is 0 Å². The van der Waals surface area contributed by atoms with E-state index in [0.29, 0.717) is 11.2 Å². The maximum absolute atomic E-state index is 5.72. The smallest absolute Gasteiger partial charge is 0.225 e. The first-order chi connectivity index (χ1) is 6.09. The van der Waals surface area contributed by atoms with Gasteiger partial charge < -0.3 is 5.84 Å². The van der Waals surface area contributed by atoms with Crippen molar-refractivity contribution in [1.82, 2.24) is 19.6 Å². The average Bonchev–Trinajstić information content (AvgIpc) is 2.32. The molecule has 0 spiro atoms. The second kappa shape index (κ2) is 2.87. The van der Waals surface area contributed by atoms with E-state index >= 15 is 0 Å². The van der Waals surface area contributed by atoms with Gasteiger partial charge in [-0.15, -0.1) is 0 Å². The molecule has 0 fully saturated rings. The minimum absolute atomic E-state index is 0.000710. The van der Waals surface area contributed by atoms with Gasteiger partial charge in [0.1, 0.15) is 5.52 Å². The monoisotopic (exact) mass is 237 g/mol. The van der Waals surface area contributed by atoms with Gasteiger partial charge >= 0.3 is 0 Å². The van der Waals surface area contributed by atoms with Crippen LogP contribution in [0.3, 0.4) is 0 Å². The highest BCUT2D eigenvalue weighted by Gasteiger charge is 2.13. The lowest BCUT2D eigenvalue weighted by atomic mass is 10.6. The normalized spacial score (nSPS) is 11.0. The lowest BCUT2D eigenvalue weighted by Gasteiger charge is -1.95. The SMILES string of the molecule is Nn1c(Cl)nc2c(Cl)nc(Cl)nc21. The van der Waals surface area contributed by atoms with Gasteiger partial charge in [0.25, 0.3) is 0 Å². The maximum atomic E-state index is 5.72. The summed E-state index contributed by atoms with van der Waals surface area (Å²) >= 11 is 16.9. The Balaban J connectivity index is 2.94. The van der Waals surface area contributed by atoms with E-state index in [0.717, 1.165) is 4.68 Å². The molecule has 8 heteroatoms. The third kappa shape index (κ3) is 1.29. The molecule has 0 saturated heterocycles.